The standard InChI is InChI=1S/C10H21NO6/c1-2-5(10(11)17)3-6(13)8(15)9(16)7(14)4-12/h5-9,12-16H,2-4H2,1H3,(H2,11,17)/t5?,6-,7+,8+,9+/m1/s1. The van der Waals surface area contributed by atoms with E-state index >= 15 is 0 Å². The first-order chi connectivity index (χ1) is 7.84. The van der Waals surface area contributed by atoms with Crippen LogP contribution >= 0.6 is 0 Å². The van der Waals surface area contributed by atoms with Crippen molar-refractivity contribution in [2.45, 2.75) is 44.2 Å². The van der Waals surface area contributed by atoms with Crippen LogP contribution in [0.4, 0.5) is 0 Å². The van der Waals surface area contributed by atoms with Gasteiger partial charge in [0, 0.05) is 5.92 Å². The molecule has 7 N–H and O–H groups in total. The lowest BCUT2D eigenvalue weighted by molar-refractivity contribution is -0.130. The molecule has 0 aliphatic heterocycles. The van der Waals surface area contributed by atoms with Gasteiger partial charge in [0.25, 0.3) is 0 Å². The second-order valence-electron chi connectivity index (χ2n) is 4.04. The third-order valence-electron chi connectivity index (χ3n) is 2.75. The molecule has 0 spiro atoms. The number of aliphatic hydroxyl groups excluding tert-OH is 5. The maximum atomic E-state index is 10.9. The number of hydrogen-bond donors (Lipinski definition) is 6. The molecule has 0 aromatic carbocycles. The highest BCUT2D eigenvalue weighted by atomic mass is 16.4. The highest BCUT2D eigenvalue weighted by Crippen LogP contribution is 2.15. The van der Waals surface area contributed by atoms with Gasteiger partial charge in [-0.1, -0.05) is 6.92 Å². The van der Waals surface area contributed by atoms with Gasteiger partial charge in [-0.2, -0.15) is 0 Å². The summed E-state index contributed by atoms with van der Waals surface area (Å²) in [5.74, 6) is -1.21. The molecule has 5 atom stereocenters. The van der Waals surface area contributed by atoms with Crippen LogP contribution in [0.2, 0.25) is 0 Å². The topological polar surface area (TPSA) is 144 Å². The van der Waals surface area contributed by atoms with Crippen LogP contribution in [-0.4, -0.2) is 62.5 Å². The molecule has 0 aliphatic rings. The molecule has 0 aromatic heterocycles. The van der Waals surface area contributed by atoms with E-state index in [-0.39, 0.29) is 6.42 Å². The minimum Gasteiger partial charge on any atom is -0.394 e. The molecule has 0 aliphatic carbocycles. The molecule has 1 amide bonds. The molecule has 102 valence electrons. The molecule has 0 bridgehead atoms. The Morgan fingerprint density at radius 1 is 1.12 bits per heavy atom. The number of aliphatic hydroxyl groups is 5. The summed E-state index contributed by atoms with van der Waals surface area (Å²) in [5.41, 5.74) is 5.07. The van der Waals surface area contributed by atoms with Crippen molar-refractivity contribution in [3.8, 4) is 0 Å². The fourth-order valence-corrected chi connectivity index (χ4v) is 1.48. The predicted octanol–water partition coefficient (Wildman–Crippen LogP) is -2.68. The Labute approximate surface area is 99.5 Å². The fourth-order valence-electron chi connectivity index (χ4n) is 1.48. The number of carbonyl (C=O) groups excluding carboxylic acids is 1. The molecule has 0 saturated carbocycles. The lowest BCUT2D eigenvalue weighted by Gasteiger charge is -2.27. The second kappa shape index (κ2) is 7.57. The van der Waals surface area contributed by atoms with Crippen molar-refractivity contribution in [1.29, 1.82) is 0 Å². The molecule has 0 saturated heterocycles. The van der Waals surface area contributed by atoms with Crippen LogP contribution in [0.1, 0.15) is 19.8 Å². The fraction of sp³-hybridized carbons (Fsp3) is 0.900. The van der Waals surface area contributed by atoms with Gasteiger partial charge in [-0.25, -0.2) is 0 Å². The average molecular weight is 251 g/mol. The molecule has 0 heterocycles. The normalized spacial score (nSPS) is 20.4. The minimum absolute atomic E-state index is 0.109. The maximum Gasteiger partial charge on any atom is 0.220 e. The van der Waals surface area contributed by atoms with Crippen LogP contribution in [0.3, 0.4) is 0 Å². The van der Waals surface area contributed by atoms with Crippen molar-refractivity contribution < 1.29 is 30.3 Å². The van der Waals surface area contributed by atoms with Gasteiger partial charge in [0.2, 0.25) is 5.91 Å². The number of hydrogen-bond acceptors (Lipinski definition) is 6. The molecule has 17 heavy (non-hydrogen) atoms. The highest BCUT2D eigenvalue weighted by Gasteiger charge is 2.32. The van der Waals surface area contributed by atoms with Crippen molar-refractivity contribution in [3.05, 3.63) is 0 Å². The van der Waals surface area contributed by atoms with E-state index in [1.165, 1.54) is 0 Å². The van der Waals surface area contributed by atoms with Crippen molar-refractivity contribution in [1.82, 2.24) is 0 Å². The van der Waals surface area contributed by atoms with Crippen molar-refractivity contribution in [2.24, 2.45) is 11.7 Å². The summed E-state index contributed by atoms with van der Waals surface area (Å²) in [7, 11) is 0. The smallest absolute Gasteiger partial charge is 0.220 e. The van der Waals surface area contributed by atoms with Gasteiger partial charge in [-0.3, -0.25) is 4.79 Å². The molecule has 0 fully saturated rings. The number of carbonyl (C=O) groups is 1. The first-order valence-electron chi connectivity index (χ1n) is 5.47. The van der Waals surface area contributed by atoms with E-state index in [1.54, 1.807) is 6.92 Å². The lowest BCUT2D eigenvalue weighted by atomic mass is 9.92. The van der Waals surface area contributed by atoms with Crippen LogP contribution in [0, 0.1) is 5.92 Å². The van der Waals surface area contributed by atoms with Crippen LogP contribution in [0.25, 0.3) is 0 Å². The Morgan fingerprint density at radius 2 is 1.59 bits per heavy atom. The summed E-state index contributed by atoms with van der Waals surface area (Å²) in [6, 6.07) is 0. The van der Waals surface area contributed by atoms with E-state index in [4.69, 9.17) is 15.9 Å². The first-order valence-corrected chi connectivity index (χ1v) is 5.47. The minimum atomic E-state index is -1.68. The van der Waals surface area contributed by atoms with Gasteiger partial charge in [0.15, 0.2) is 0 Å². The third kappa shape index (κ3) is 4.97. The molecule has 0 rings (SSSR count). The molecular weight excluding hydrogens is 230 g/mol. The van der Waals surface area contributed by atoms with Gasteiger partial charge < -0.3 is 31.3 Å². The second-order valence-corrected chi connectivity index (χ2v) is 4.04. The molecule has 0 radical (unpaired) electrons. The van der Waals surface area contributed by atoms with Gasteiger partial charge in [0.05, 0.1) is 12.7 Å². The number of rotatable bonds is 8. The van der Waals surface area contributed by atoms with Crippen LogP contribution in [0.5, 0.6) is 0 Å². The zero-order valence-electron chi connectivity index (χ0n) is 9.73. The summed E-state index contributed by atoms with van der Waals surface area (Å²) >= 11 is 0. The zero-order chi connectivity index (χ0) is 13.6. The summed E-state index contributed by atoms with van der Waals surface area (Å²) in [6.07, 6.45) is -5.98. The quantitative estimate of drug-likeness (QED) is 0.277. The Morgan fingerprint density at radius 3 is 1.94 bits per heavy atom. The van der Waals surface area contributed by atoms with Crippen LogP contribution in [-0.2, 0) is 4.79 Å². The van der Waals surface area contributed by atoms with E-state index in [1.807, 2.05) is 0 Å². The molecule has 7 nitrogen and oxygen atoms in total. The SMILES string of the molecule is CCC(C[C@@H](O)[C@H](O)[C@@H](O)[C@@H](O)CO)C(N)=O. The number of amides is 1. The van der Waals surface area contributed by atoms with Gasteiger partial charge in [0.1, 0.15) is 18.3 Å². The predicted molar refractivity (Wildman–Crippen MR) is 58.7 cm³/mol. The highest BCUT2D eigenvalue weighted by molar-refractivity contribution is 5.76. The van der Waals surface area contributed by atoms with Gasteiger partial charge >= 0.3 is 0 Å². The number of primary amides is 1. The van der Waals surface area contributed by atoms with Gasteiger partial charge in [-0.05, 0) is 12.8 Å². The van der Waals surface area contributed by atoms with E-state index < -0.39 is 42.8 Å². The van der Waals surface area contributed by atoms with E-state index in [0.717, 1.165) is 0 Å². The van der Waals surface area contributed by atoms with E-state index in [2.05, 4.69) is 0 Å². The third-order valence-corrected chi connectivity index (χ3v) is 2.75. The Kier molecular flexibility index (Phi) is 7.24. The monoisotopic (exact) mass is 251 g/mol. The summed E-state index contributed by atoms with van der Waals surface area (Å²) in [5, 5.41) is 46.1. The molecular formula is C10H21NO6. The summed E-state index contributed by atoms with van der Waals surface area (Å²) < 4.78 is 0. The Hall–Kier alpha value is -0.730. The largest absolute Gasteiger partial charge is 0.394 e. The van der Waals surface area contributed by atoms with Crippen molar-refractivity contribution >= 4 is 5.91 Å². The average Bonchev–Trinajstić information content (AvgIpc) is 2.32. The summed E-state index contributed by atoms with van der Waals surface area (Å²) in [6.45, 7) is 0.964. The Bertz CT molecular complexity index is 237. The Balaban J connectivity index is 4.38. The molecule has 0 aromatic rings. The van der Waals surface area contributed by atoms with Crippen molar-refractivity contribution in [3.63, 3.8) is 0 Å². The zero-order valence-corrected chi connectivity index (χ0v) is 9.73. The van der Waals surface area contributed by atoms with Crippen LogP contribution < -0.4 is 5.73 Å². The molecule has 7 heteroatoms. The first kappa shape index (κ1) is 16.3. The summed E-state index contributed by atoms with van der Waals surface area (Å²) in [4.78, 5) is 10.9. The maximum absolute atomic E-state index is 10.9. The van der Waals surface area contributed by atoms with E-state index in [0.29, 0.717) is 6.42 Å². The molecule has 1 unspecified atom stereocenters. The van der Waals surface area contributed by atoms with Crippen LogP contribution in [0.15, 0.2) is 0 Å². The number of nitrogens with two attached hydrogens (primary N) is 1. The van der Waals surface area contributed by atoms with Crippen molar-refractivity contribution in [2.75, 3.05) is 6.61 Å². The lowest BCUT2D eigenvalue weighted by Crippen LogP contribution is -2.47. The van der Waals surface area contributed by atoms with Gasteiger partial charge in [-0.15, -0.1) is 0 Å². The van der Waals surface area contributed by atoms with E-state index in [9.17, 15) is 20.1 Å².